The van der Waals surface area contributed by atoms with E-state index in [1.165, 1.54) is 25.8 Å². The monoisotopic (exact) mass is 184 g/mol. The van der Waals surface area contributed by atoms with Gasteiger partial charge in [0.15, 0.2) is 0 Å². The first-order chi connectivity index (χ1) is 5.90. The van der Waals surface area contributed by atoms with Gasteiger partial charge in [0.25, 0.3) is 0 Å². The Hall–Kier alpha value is -0.0200. The summed E-state index contributed by atoms with van der Waals surface area (Å²) in [6.45, 7) is 1.18. The number of fused-ring (bicyclic) bond motifs is 1. The highest BCUT2D eigenvalue weighted by Gasteiger charge is 2.32. The summed E-state index contributed by atoms with van der Waals surface area (Å²) in [5, 5.41) is 4.07. The van der Waals surface area contributed by atoms with Crippen molar-refractivity contribution in [2.24, 2.45) is 10.9 Å². The highest BCUT2D eigenvalue weighted by atomic mass is 32.2. The number of aliphatic imine (C=N–C) groups is 1. The second-order valence-electron chi connectivity index (χ2n) is 3.73. The van der Waals surface area contributed by atoms with Crippen LogP contribution >= 0.6 is 11.8 Å². The van der Waals surface area contributed by atoms with E-state index in [2.05, 4.69) is 15.9 Å². The first-order valence-electron chi connectivity index (χ1n) is 4.72. The molecule has 1 aliphatic heterocycles. The van der Waals surface area contributed by atoms with Crippen LogP contribution < -0.4 is 5.32 Å². The lowest BCUT2D eigenvalue weighted by Crippen LogP contribution is -2.32. The fourth-order valence-corrected chi connectivity index (χ4v) is 3.33. The van der Waals surface area contributed by atoms with Gasteiger partial charge in [-0.2, -0.15) is 0 Å². The van der Waals surface area contributed by atoms with Crippen molar-refractivity contribution in [1.82, 2.24) is 5.32 Å². The van der Waals surface area contributed by atoms with Gasteiger partial charge < -0.3 is 5.32 Å². The molecule has 0 aromatic heterocycles. The summed E-state index contributed by atoms with van der Waals surface area (Å²) in [5.74, 6) is 0.894. The molecular weight excluding hydrogens is 168 g/mol. The van der Waals surface area contributed by atoms with E-state index in [9.17, 15) is 0 Å². The van der Waals surface area contributed by atoms with Crippen molar-refractivity contribution in [3.63, 3.8) is 0 Å². The van der Waals surface area contributed by atoms with Gasteiger partial charge in [-0.1, -0.05) is 0 Å². The van der Waals surface area contributed by atoms with Crippen LogP contribution in [0.2, 0.25) is 0 Å². The van der Waals surface area contributed by atoms with Crippen LogP contribution in [0.25, 0.3) is 0 Å². The Morgan fingerprint density at radius 2 is 2.50 bits per heavy atom. The van der Waals surface area contributed by atoms with Crippen LogP contribution in [0.5, 0.6) is 0 Å². The molecule has 1 saturated carbocycles. The van der Waals surface area contributed by atoms with Crippen molar-refractivity contribution in [1.29, 1.82) is 0 Å². The normalized spacial score (nSPS) is 39.9. The molecule has 0 bridgehead atoms. The number of rotatable bonds is 2. The maximum Gasteiger partial charge on any atom is 0.0628 e. The van der Waals surface area contributed by atoms with Gasteiger partial charge in [-0.3, -0.25) is 4.99 Å². The van der Waals surface area contributed by atoms with Crippen molar-refractivity contribution >= 4 is 17.3 Å². The first kappa shape index (κ1) is 8.57. The van der Waals surface area contributed by atoms with Gasteiger partial charge in [-0.15, -0.1) is 11.8 Å². The van der Waals surface area contributed by atoms with E-state index in [0.29, 0.717) is 6.04 Å². The van der Waals surface area contributed by atoms with Crippen molar-refractivity contribution in [3.8, 4) is 0 Å². The van der Waals surface area contributed by atoms with Gasteiger partial charge in [0, 0.05) is 5.25 Å². The van der Waals surface area contributed by atoms with Crippen LogP contribution in [0.15, 0.2) is 4.99 Å². The maximum atomic E-state index is 4.47. The van der Waals surface area contributed by atoms with Crippen LogP contribution in [0, 0.1) is 5.92 Å². The minimum atomic E-state index is 0.656. The summed E-state index contributed by atoms with van der Waals surface area (Å²) in [7, 11) is 2.05. The van der Waals surface area contributed by atoms with Crippen LogP contribution in [0.4, 0.5) is 0 Å². The molecule has 12 heavy (non-hydrogen) atoms. The minimum absolute atomic E-state index is 0.656. The van der Waals surface area contributed by atoms with Crippen LogP contribution in [-0.4, -0.2) is 30.4 Å². The molecule has 0 aromatic carbocycles. The summed E-state index contributed by atoms with van der Waals surface area (Å²) in [5.41, 5.74) is 2.05. The van der Waals surface area contributed by atoms with Crippen LogP contribution in [-0.2, 0) is 0 Å². The van der Waals surface area contributed by atoms with Gasteiger partial charge in [0.1, 0.15) is 0 Å². The fraction of sp³-hybridized carbons (Fsp3) is 0.889. The third-order valence-electron chi connectivity index (χ3n) is 2.85. The fourth-order valence-electron chi connectivity index (χ4n) is 2.18. The Morgan fingerprint density at radius 1 is 1.58 bits per heavy atom. The molecule has 3 heteroatoms. The summed E-state index contributed by atoms with van der Waals surface area (Å²) < 4.78 is 0. The van der Waals surface area contributed by atoms with Crippen LogP contribution in [0.1, 0.15) is 19.3 Å². The summed E-state index contributed by atoms with van der Waals surface area (Å²) in [6, 6.07) is 0.656. The lowest BCUT2D eigenvalue weighted by Gasteiger charge is -2.29. The zero-order valence-electron chi connectivity index (χ0n) is 7.49. The molecule has 3 atom stereocenters. The molecule has 1 aliphatic carbocycles. The van der Waals surface area contributed by atoms with Gasteiger partial charge in [-0.25, -0.2) is 0 Å². The van der Waals surface area contributed by atoms with Crippen LogP contribution in [0.3, 0.4) is 0 Å². The number of thioether (sulfide) groups is 1. The van der Waals surface area contributed by atoms with E-state index in [1.54, 1.807) is 0 Å². The smallest absolute Gasteiger partial charge is 0.0628 e. The Morgan fingerprint density at radius 3 is 3.33 bits per heavy atom. The van der Waals surface area contributed by atoms with Gasteiger partial charge >= 0.3 is 0 Å². The molecular formula is C9H16N2S. The third kappa shape index (κ3) is 1.67. The van der Waals surface area contributed by atoms with E-state index in [1.807, 2.05) is 18.8 Å². The second-order valence-corrected chi connectivity index (χ2v) is 4.82. The molecule has 2 rings (SSSR count). The molecule has 0 amide bonds. The summed E-state index contributed by atoms with van der Waals surface area (Å²) in [6.07, 6.45) is 4.02. The van der Waals surface area contributed by atoms with Crippen molar-refractivity contribution in [3.05, 3.63) is 0 Å². The van der Waals surface area contributed by atoms with Gasteiger partial charge in [0.2, 0.25) is 0 Å². The highest BCUT2D eigenvalue weighted by molar-refractivity contribution is 8.12. The quantitative estimate of drug-likeness (QED) is 0.703. The Bertz CT molecular complexity index is 181. The second kappa shape index (κ2) is 3.79. The molecule has 68 valence electrons. The first-order valence-corrected chi connectivity index (χ1v) is 5.66. The average molecular weight is 184 g/mol. The van der Waals surface area contributed by atoms with Crippen molar-refractivity contribution in [2.75, 3.05) is 13.6 Å². The predicted molar refractivity (Wildman–Crippen MR) is 54.9 cm³/mol. The van der Waals surface area contributed by atoms with Gasteiger partial charge in [0.05, 0.1) is 11.6 Å². The number of hydrogen-bond donors (Lipinski definition) is 1. The van der Waals surface area contributed by atoms with E-state index in [4.69, 9.17) is 0 Å². The summed E-state index contributed by atoms with van der Waals surface area (Å²) in [4.78, 5) is 4.47. The minimum Gasteiger partial charge on any atom is -0.319 e. The largest absolute Gasteiger partial charge is 0.319 e. The standard InChI is InChI=1S/C9H16N2S/c1-10-5-7-2-3-8-9(4-7)12-6-11-8/h6-10H,2-5H2,1H3. The zero-order valence-corrected chi connectivity index (χ0v) is 8.31. The van der Waals surface area contributed by atoms with Crippen molar-refractivity contribution in [2.45, 2.75) is 30.6 Å². The number of hydrogen-bond acceptors (Lipinski definition) is 3. The summed E-state index contributed by atoms with van der Waals surface area (Å²) >= 11 is 1.94. The molecule has 0 aromatic rings. The van der Waals surface area contributed by atoms with E-state index in [0.717, 1.165) is 11.2 Å². The molecule has 0 radical (unpaired) electrons. The zero-order chi connectivity index (χ0) is 8.39. The lowest BCUT2D eigenvalue weighted by atomic mass is 9.86. The van der Waals surface area contributed by atoms with E-state index >= 15 is 0 Å². The molecule has 0 spiro atoms. The molecule has 3 unspecified atom stereocenters. The Balaban J connectivity index is 1.86. The predicted octanol–water partition coefficient (Wildman–Crippen LogP) is 1.52. The van der Waals surface area contributed by atoms with E-state index < -0.39 is 0 Å². The molecule has 2 nitrogen and oxygen atoms in total. The third-order valence-corrected chi connectivity index (χ3v) is 3.95. The average Bonchev–Trinajstić information content (AvgIpc) is 2.51. The highest BCUT2D eigenvalue weighted by Crippen LogP contribution is 2.36. The van der Waals surface area contributed by atoms with Crippen molar-refractivity contribution < 1.29 is 0 Å². The Kier molecular flexibility index (Phi) is 2.71. The molecule has 1 N–H and O–H groups in total. The Labute approximate surface area is 78.2 Å². The lowest BCUT2D eigenvalue weighted by molar-refractivity contribution is 0.333. The topological polar surface area (TPSA) is 24.4 Å². The van der Waals surface area contributed by atoms with E-state index in [-0.39, 0.29) is 0 Å². The SMILES string of the molecule is CNCC1CCC2N=CSC2C1. The molecule has 0 saturated heterocycles. The molecule has 1 fully saturated rings. The molecule has 2 aliphatic rings. The van der Waals surface area contributed by atoms with Gasteiger partial charge in [-0.05, 0) is 38.8 Å². The molecule has 1 heterocycles. The number of nitrogens with one attached hydrogen (secondary N) is 1. The maximum absolute atomic E-state index is 4.47. The number of nitrogens with zero attached hydrogens (tertiary/aromatic N) is 1.